The maximum Gasteiger partial charge on any atom is 0.161 e. The van der Waals surface area contributed by atoms with Crippen molar-refractivity contribution in [3.63, 3.8) is 0 Å². The van der Waals surface area contributed by atoms with Crippen LogP contribution in [0.5, 0.6) is 11.5 Å². The fourth-order valence-electron chi connectivity index (χ4n) is 2.21. The van der Waals surface area contributed by atoms with Crippen LogP contribution in [0.1, 0.15) is 24.5 Å². The van der Waals surface area contributed by atoms with Gasteiger partial charge in [0.1, 0.15) is 5.82 Å². The molecular formula is C15H16IN3O2. The average Bonchev–Trinajstić information content (AvgIpc) is 3.33. The maximum atomic E-state index is 6.04. The highest BCUT2D eigenvalue weighted by Crippen LogP contribution is 2.42. The first kappa shape index (κ1) is 14.4. The van der Waals surface area contributed by atoms with Gasteiger partial charge in [-0.2, -0.15) is 0 Å². The van der Waals surface area contributed by atoms with Gasteiger partial charge in [0.05, 0.1) is 23.5 Å². The highest BCUT2D eigenvalue weighted by Gasteiger charge is 2.29. The molecule has 2 aromatic rings. The number of hydrogen-bond donors (Lipinski definition) is 1. The Hall–Kier alpha value is -1.57. The lowest BCUT2D eigenvalue weighted by atomic mass is 10.1. The van der Waals surface area contributed by atoms with Gasteiger partial charge in [-0.15, -0.1) is 0 Å². The van der Waals surface area contributed by atoms with E-state index in [2.05, 4.69) is 27.6 Å². The molecule has 0 saturated heterocycles. The minimum Gasteiger partial charge on any atom is -0.493 e. The van der Waals surface area contributed by atoms with E-state index in [9.17, 15) is 0 Å². The molecule has 0 unspecified atom stereocenters. The van der Waals surface area contributed by atoms with Crippen molar-refractivity contribution in [1.82, 2.24) is 9.97 Å². The van der Waals surface area contributed by atoms with Crippen molar-refractivity contribution in [2.45, 2.75) is 18.8 Å². The predicted octanol–water partition coefficient (Wildman–Crippen LogP) is 3.23. The maximum absolute atomic E-state index is 6.04. The second-order valence-corrected chi connectivity index (χ2v) is 6.05. The van der Waals surface area contributed by atoms with Gasteiger partial charge in [-0.3, -0.25) is 0 Å². The Morgan fingerprint density at radius 3 is 2.48 bits per heavy atom. The number of halogens is 1. The van der Waals surface area contributed by atoms with Crippen molar-refractivity contribution in [3.05, 3.63) is 27.5 Å². The molecule has 0 radical (unpaired) electrons. The van der Waals surface area contributed by atoms with Gasteiger partial charge in [0, 0.05) is 11.5 Å². The third-order valence-corrected chi connectivity index (χ3v) is 4.61. The van der Waals surface area contributed by atoms with Crippen molar-refractivity contribution in [3.8, 4) is 22.9 Å². The van der Waals surface area contributed by atoms with Gasteiger partial charge >= 0.3 is 0 Å². The third kappa shape index (κ3) is 2.76. The summed E-state index contributed by atoms with van der Waals surface area (Å²) < 4.78 is 11.6. The normalized spacial score (nSPS) is 14.0. The van der Waals surface area contributed by atoms with E-state index in [1.165, 1.54) is 12.8 Å². The quantitative estimate of drug-likeness (QED) is 0.803. The van der Waals surface area contributed by atoms with Crippen LogP contribution in [0.3, 0.4) is 0 Å². The Bertz CT molecular complexity index is 687. The highest BCUT2D eigenvalue weighted by molar-refractivity contribution is 14.1. The van der Waals surface area contributed by atoms with Gasteiger partial charge in [-0.25, -0.2) is 9.97 Å². The van der Waals surface area contributed by atoms with Gasteiger partial charge in [-0.1, -0.05) is 0 Å². The van der Waals surface area contributed by atoms with Gasteiger partial charge in [0.15, 0.2) is 17.3 Å². The summed E-state index contributed by atoms with van der Waals surface area (Å²) in [4.78, 5) is 9.11. The second-order valence-electron chi connectivity index (χ2n) is 4.98. The van der Waals surface area contributed by atoms with Crippen LogP contribution in [0.25, 0.3) is 11.4 Å². The molecule has 5 nitrogen and oxygen atoms in total. The zero-order chi connectivity index (χ0) is 15.0. The molecule has 1 aromatic carbocycles. The average molecular weight is 397 g/mol. The fraction of sp³-hybridized carbons (Fsp3) is 0.333. The summed E-state index contributed by atoms with van der Waals surface area (Å²) in [6.45, 7) is 0. The molecule has 1 saturated carbocycles. The number of anilines is 1. The van der Waals surface area contributed by atoms with Crippen molar-refractivity contribution in [1.29, 1.82) is 0 Å². The number of rotatable bonds is 4. The van der Waals surface area contributed by atoms with Gasteiger partial charge in [0.2, 0.25) is 0 Å². The summed E-state index contributed by atoms with van der Waals surface area (Å²) in [6.07, 6.45) is 2.36. The molecule has 0 atom stereocenters. The number of methoxy groups -OCH3 is 2. The Labute approximate surface area is 137 Å². The van der Waals surface area contributed by atoms with Crippen LogP contribution in [0, 0.1) is 3.57 Å². The van der Waals surface area contributed by atoms with E-state index in [0.717, 1.165) is 14.8 Å². The van der Waals surface area contributed by atoms with E-state index in [-0.39, 0.29) is 0 Å². The van der Waals surface area contributed by atoms with Crippen molar-refractivity contribution < 1.29 is 9.47 Å². The van der Waals surface area contributed by atoms with Crippen LogP contribution in [-0.2, 0) is 0 Å². The zero-order valence-corrected chi connectivity index (χ0v) is 14.0. The van der Waals surface area contributed by atoms with Crippen LogP contribution in [0.15, 0.2) is 18.2 Å². The number of benzene rings is 1. The van der Waals surface area contributed by atoms with Crippen LogP contribution in [0.4, 0.5) is 5.82 Å². The minimum absolute atomic E-state index is 0.529. The van der Waals surface area contributed by atoms with Gasteiger partial charge < -0.3 is 15.2 Å². The Morgan fingerprint density at radius 1 is 1.14 bits per heavy atom. The van der Waals surface area contributed by atoms with Crippen LogP contribution in [-0.4, -0.2) is 24.2 Å². The zero-order valence-electron chi connectivity index (χ0n) is 11.9. The van der Waals surface area contributed by atoms with E-state index >= 15 is 0 Å². The molecule has 1 heterocycles. The summed E-state index contributed by atoms with van der Waals surface area (Å²) in [5, 5.41) is 0. The summed E-state index contributed by atoms with van der Waals surface area (Å²) in [7, 11) is 3.22. The molecule has 0 amide bonds. The Morgan fingerprint density at radius 2 is 1.86 bits per heavy atom. The first-order valence-electron chi connectivity index (χ1n) is 6.69. The highest BCUT2D eigenvalue weighted by atomic mass is 127. The lowest BCUT2D eigenvalue weighted by Crippen LogP contribution is -2.04. The Balaban J connectivity index is 2.08. The summed E-state index contributed by atoms with van der Waals surface area (Å²) in [6, 6.07) is 5.64. The molecule has 0 bridgehead atoms. The Kier molecular flexibility index (Phi) is 3.88. The van der Waals surface area contributed by atoms with E-state index in [1.54, 1.807) is 14.2 Å². The second kappa shape index (κ2) is 5.67. The number of nitrogen functional groups attached to an aromatic ring is 1. The smallest absolute Gasteiger partial charge is 0.161 e. The molecule has 110 valence electrons. The monoisotopic (exact) mass is 397 g/mol. The molecule has 21 heavy (non-hydrogen) atoms. The molecule has 3 rings (SSSR count). The topological polar surface area (TPSA) is 70.3 Å². The summed E-state index contributed by atoms with van der Waals surface area (Å²) in [5.41, 5.74) is 7.97. The SMILES string of the molecule is COc1ccc(-c2nc(N)c(I)c(C3CC3)n2)cc1OC. The largest absolute Gasteiger partial charge is 0.493 e. The fourth-order valence-corrected chi connectivity index (χ4v) is 2.90. The molecule has 1 fully saturated rings. The van der Waals surface area contributed by atoms with E-state index < -0.39 is 0 Å². The number of aromatic nitrogens is 2. The molecule has 0 aliphatic heterocycles. The van der Waals surface area contributed by atoms with Crippen molar-refractivity contribution >= 4 is 28.4 Å². The molecule has 2 N–H and O–H groups in total. The number of nitrogens with zero attached hydrogens (tertiary/aromatic N) is 2. The van der Waals surface area contributed by atoms with E-state index in [0.29, 0.717) is 29.1 Å². The van der Waals surface area contributed by atoms with Crippen LogP contribution >= 0.6 is 22.6 Å². The number of ether oxygens (including phenoxy) is 2. The summed E-state index contributed by atoms with van der Waals surface area (Å²) >= 11 is 2.23. The first-order chi connectivity index (χ1) is 10.1. The van der Waals surface area contributed by atoms with E-state index in [4.69, 9.17) is 20.2 Å². The minimum atomic E-state index is 0.529. The molecule has 1 aliphatic rings. The number of nitrogens with two attached hydrogens (primary N) is 1. The molecule has 6 heteroatoms. The van der Waals surface area contributed by atoms with Crippen LogP contribution < -0.4 is 15.2 Å². The summed E-state index contributed by atoms with van der Waals surface area (Å²) in [5.74, 6) is 3.04. The van der Waals surface area contributed by atoms with Crippen LogP contribution in [0.2, 0.25) is 0 Å². The number of hydrogen-bond acceptors (Lipinski definition) is 5. The first-order valence-corrected chi connectivity index (χ1v) is 7.77. The third-order valence-electron chi connectivity index (χ3n) is 3.51. The predicted molar refractivity (Wildman–Crippen MR) is 89.7 cm³/mol. The van der Waals surface area contributed by atoms with Crippen molar-refractivity contribution in [2.24, 2.45) is 0 Å². The standard InChI is InChI=1S/C15H16IN3O2/c1-20-10-6-5-9(7-11(10)21-2)15-18-13(8-3-4-8)12(16)14(17)19-15/h5-8H,3-4H2,1-2H3,(H2,17,18,19). The van der Waals surface area contributed by atoms with Gasteiger partial charge in [-0.05, 0) is 53.6 Å². The molecule has 0 spiro atoms. The molecular weight excluding hydrogens is 381 g/mol. The lowest BCUT2D eigenvalue weighted by molar-refractivity contribution is 0.355. The molecule has 1 aliphatic carbocycles. The van der Waals surface area contributed by atoms with Gasteiger partial charge in [0.25, 0.3) is 0 Å². The lowest BCUT2D eigenvalue weighted by Gasteiger charge is -2.11. The van der Waals surface area contributed by atoms with Crippen molar-refractivity contribution in [2.75, 3.05) is 20.0 Å². The van der Waals surface area contributed by atoms with E-state index in [1.807, 2.05) is 18.2 Å². The molecule has 1 aromatic heterocycles.